The van der Waals surface area contributed by atoms with Crippen molar-refractivity contribution in [3.05, 3.63) is 23.3 Å². The number of thiol groups is 1. The van der Waals surface area contributed by atoms with E-state index in [1.54, 1.807) is 6.92 Å². The van der Waals surface area contributed by atoms with Gasteiger partial charge >= 0.3 is 11.9 Å². The summed E-state index contributed by atoms with van der Waals surface area (Å²) in [7, 11) is 0. The first-order valence-corrected chi connectivity index (χ1v) is 14.1. The van der Waals surface area contributed by atoms with E-state index in [1.807, 2.05) is 0 Å². The highest BCUT2D eigenvalue weighted by Crippen LogP contribution is 2.34. The number of esters is 2. The van der Waals surface area contributed by atoms with Crippen LogP contribution in [-0.4, -0.2) is 45.0 Å². The molecule has 0 saturated carbocycles. The lowest BCUT2D eigenvalue weighted by atomic mass is 10.0. The smallest absolute Gasteiger partial charge is 0.302 e. The fourth-order valence-corrected chi connectivity index (χ4v) is 4.18. The van der Waals surface area contributed by atoms with Crippen molar-refractivity contribution in [1.29, 1.82) is 0 Å². The second kappa shape index (κ2) is 22.7. The van der Waals surface area contributed by atoms with E-state index in [1.165, 1.54) is 43.7 Å². The highest BCUT2D eigenvalue weighted by Gasteiger charge is 2.26. The van der Waals surface area contributed by atoms with Crippen LogP contribution in [-0.2, 0) is 28.7 Å². The minimum absolute atomic E-state index is 0.0542. The molecular formula is C28H49ClO6S2. The first-order valence-electron chi connectivity index (χ1n) is 12.4. The molecule has 0 aliphatic heterocycles. The molecule has 0 bridgehead atoms. The Bertz CT molecular complexity index is 750. The van der Waals surface area contributed by atoms with Crippen LogP contribution in [0.5, 0.6) is 0 Å². The maximum absolute atomic E-state index is 11.3. The summed E-state index contributed by atoms with van der Waals surface area (Å²) < 4.78 is 9.66. The lowest BCUT2D eigenvalue weighted by Gasteiger charge is -2.27. The zero-order valence-electron chi connectivity index (χ0n) is 24.5. The van der Waals surface area contributed by atoms with E-state index in [9.17, 15) is 19.2 Å². The Morgan fingerprint density at radius 1 is 0.730 bits per heavy atom. The zero-order chi connectivity index (χ0) is 29.7. The van der Waals surface area contributed by atoms with Crippen molar-refractivity contribution in [2.24, 2.45) is 0 Å². The molecule has 0 rings (SSSR count). The molecule has 0 fully saturated rings. The van der Waals surface area contributed by atoms with Crippen molar-refractivity contribution >= 4 is 58.3 Å². The predicted octanol–water partition coefficient (Wildman–Crippen LogP) is 7.87. The molecule has 0 aliphatic carbocycles. The van der Waals surface area contributed by atoms with Crippen LogP contribution in [0.15, 0.2) is 23.3 Å². The Morgan fingerprint density at radius 2 is 1.11 bits per heavy atom. The number of hydrogen-bond acceptors (Lipinski definition) is 8. The Balaban J connectivity index is -0.000000551. The minimum Gasteiger partial charge on any atom is -0.466 e. The van der Waals surface area contributed by atoms with Gasteiger partial charge in [-0.15, -0.1) is 0 Å². The highest BCUT2D eigenvalue weighted by atomic mass is 35.5. The second-order valence-corrected chi connectivity index (χ2v) is 13.2. The molecule has 0 aromatic heterocycles. The lowest BCUT2D eigenvalue weighted by molar-refractivity contribution is -0.142. The largest absolute Gasteiger partial charge is 0.466 e. The van der Waals surface area contributed by atoms with Crippen LogP contribution in [0.25, 0.3) is 0 Å². The molecule has 0 aliphatic rings. The van der Waals surface area contributed by atoms with E-state index in [-0.39, 0.29) is 31.8 Å². The Labute approximate surface area is 240 Å². The quantitative estimate of drug-likeness (QED) is 0.103. The van der Waals surface area contributed by atoms with E-state index in [0.29, 0.717) is 19.6 Å². The number of carbonyl (C=O) groups excluding carboxylic acids is 4. The number of rotatable bonds is 13. The van der Waals surface area contributed by atoms with E-state index in [2.05, 4.69) is 77.9 Å². The Morgan fingerprint density at radius 3 is 1.46 bits per heavy atom. The summed E-state index contributed by atoms with van der Waals surface area (Å²) in [6, 6.07) is 0. The molecule has 6 nitrogen and oxygen atoms in total. The van der Waals surface area contributed by atoms with Gasteiger partial charge in [0.1, 0.15) is 0 Å². The second-order valence-electron chi connectivity index (χ2n) is 9.83. The van der Waals surface area contributed by atoms with Crippen LogP contribution in [0.1, 0.15) is 108 Å². The number of carbonyl (C=O) groups is 4. The van der Waals surface area contributed by atoms with Gasteiger partial charge in [-0.25, -0.2) is 0 Å². The topological polar surface area (TPSA) is 86.7 Å². The van der Waals surface area contributed by atoms with Gasteiger partial charge in [0, 0.05) is 37.2 Å². The van der Waals surface area contributed by atoms with Crippen molar-refractivity contribution in [1.82, 2.24) is 0 Å². The molecule has 0 aromatic carbocycles. The monoisotopic (exact) mass is 580 g/mol. The molecule has 2 atom stereocenters. The molecule has 0 heterocycles. The lowest BCUT2D eigenvalue weighted by Crippen LogP contribution is -2.24. The van der Waals surface area contributed by atoms with Gasteiger partial charge in [0.15, 0.2) is 5.12 Å². The summed E-state index contributed by atoms with van der Waals surface area (Å²) in [5, 5.41) is -0.252. The SMILES string of the molecule is CC(=O)Cl.CC(=O)OCCC(C)(CCC=C(C)C)SC(C)=O.CC(=O)OCCC(C)(S)CCC=C(C)C. The maximum atomic E-state index is 11.3. The summed E-state index contributed by atoms with van der Waals surface area (Å²) in [6.45, 7) is 19.0. The van der Waals surface area contributed by atoms with Crippen molar-refractivity contribution in [2.75, 3.05) is 13.2 Å². The van der Waals surface area contributed by atoms with Gasteiger partial charge in [-0.3, -0.25) is 19.2 Å². The number of halogens is 1. The van der Waals surface area contributed by atoms with Crippen LogP contribution in [0, 0.1) is 0 Å². The van der Waals surface area contributed by atoms with E-state index in [0.717, 1.165) is 32.1 Å². The van der Waals surface area contributed by atoms with Gasteiger partial charge in [0.05, 0.1) is 13.2 Å². The van der Waals surface area contributed by atoms with Gasteiger partial charge in [0.2, 0.25) is 5.24 Å². The van der Waals surface area contributed by atoms with E-state index < -0.39 is 0 Å². The van der Waals surface area contributed by atoms with Crippen molar-refractivity contribution in [3.63, 3.8) is 0 Å². The molecule has 216 valence electrons. The van der Waals surface area contributed by atoms with Crippen LogP contribution in [0.3, 0.4) is 0 Å². The highest BCUT2D eigenvalue weighted by molar-refractivity contribution is 8.14. The molecule has 0 spiro atoms. The Hall–Kier alpha value is -1.25. The van der Waals surface area contributed by atoms with Crippen molar-refractivity contribution < 1.29 is 28.7 Å². The molecule has 9 heteroatoms. The maximum Gasteiger partial charge on any atom is 0.302 e. The molecule has 0 N–H and O–H groups in total. The third-order valence-electron chi connectivity index (χ3n) is 4.73. The van der Waals surface area contributed by atoms with Gasteiger partial charge in [-0.05, 0) is 84.7 Å². The summed E-state index contributed by atoms with van der Waals surface area (Å²) >= 11 is 10.6. The summed E-state index contributed by atoms with van der Waals surface area (Å²) in [5.74, 6) is -0.488. The van der Waals surface area contributed by atoms with Crippen LogP contribution < -0.4 is 0 Å². The molecule has 2 unspecified atom stereocenters. The summed E-state index contributed by atoms with van der Waals surface area (Å²) in [6.07, 6.45) is 9.76. The number of thioether (sulfide) groups is 1. The fourth-order valence-electron chi connectivity index (χ4n) is 2.86. The van der Waals surface area contributed by atoms with Gasteiger partial charge < -0.3 is 9.47 Å². The zero-order valence-corrected chi connectivity index (χ0v) is 27.0. The Kier molecular flexibility index (Phi) is 24.7. The average molecular weight is 581 g/mol. The molecule has 0 saturated heterocycles. The van der Waals surface area contributed by atoms with Crippen molar-refractivity contribution in [2.45, 2.75) is 117 Å². The fraction of sp³-hybridized carbons (Fsp3) is 0.714. The van der Waals surface area contributed by atoms with E-state index >= 15 is 0 Å². The first-order chi connectivity index (χ1) is 16.8. The molecule has 0 aromatic rings. The molecular weight excluding hydrogens is 532 g/mol. The summed E-state index contributed by atoms with van der Waals surface area (Å²) in [4.78, 5) is 41.8. The third-order valence-corrected chi connectivity index (χ3v) is 6.37. The predicted molar refractivity (Wildman–Crippen MR) is 160 cm³/mol. The van der Waals surface area contributed by atoms with E-state index in [4.69, 9.17) is 9.47 Å². The van der Waals surface area contributed by atoms with Crippen molar-refractivity contribution in [3.8, 4) is 0 Å². The minimum atomic E-state index is -0.361. The average Bonchev–Trinajstić information content (AvgIpc) is 2.65. The molecule has 0 amide bonds. The van der Waals surface area contributed by atoms with Gasteiger partial charge in [0.25, 0.3) is 0 Å². The van der Waals surface area contributed by atoms with Crippen LogP contribution >= 0.6 is 36.0 Å². The number of hydrogen-bond donors (Lipinski definition) is 1. The van der Waals surface area contributed by atoms with Crippen LogP contribution in [0.2, 0.25) is 0 Å². The number of allylic oxidation sites excluding steroid dienone is 4. The summed E-state index contributed by atoms with van der Waals surface area (Å²) in [5.41, 5.74) is 2.62. The van der Waals surface area contributed by atoms with Crippen LogP contribution in [0.4, 0.5) is 0 Å². The van der Waals surface area contributed by atoms with Gasteiger partial charge in [-0.2, -0.15) is 12.6 Å². The third kappa shape index (κ3) is 37.0. The first kappa shape index (κ1) is 40.2. The standard InChI is InChI=1S/C14H24O3S.C12H22O2S.C2H3ClO/c1-11(2)7-6-8-14(5,18-13(4)16)9-10-17-12(3)15;1-10(2)6-5-7-12(4,15)8-9-14-11(3)13;1-2(3)4/h7H,6,8-10H2,1-5H3;6,15H,5,7-9H2,1-4H3;1H3. The normalized spacial score (nSPS) is 13.1. The number of ether oxygens (including phenoxy) is 2. The van der Waals surface area contributed by atoms with Gasteiger partial charge in [-0.1, -0.05) is 42.0 Å². The molecule has 37 heavy (non-hydrogen) atoms. The molecule has 0 radical (unpaired) electrons.